The summed E-state index contributed by atoms with van der Waals surface area (Å²) in [6, 6.07) is 0. The van der Waals surface area contributed by atoms with Crippen LogP contribution in [0.1, 0.15) is 37.7 Å². The Hall–Kier alpha value is -1.69. The van der Waals surface area contributed by atoms with Crippen molar-refractivity contribution in [2.45, 2.75) is 45.1 Å². The van der Waals surface area contributed by atoms with E-state index in [-0.39, 0.29) is 17.4 Å². The fourth-order valence-electron chi connectivity index (χ4n) is 3.85. The summed E-state index contributed by atoms with van der Waals surface area (Å²) in [6.45, 7) is 5.33. The highest BCUT2D eigenvalue weighted by molar-refractivity contribution is 5.81. The molecular formula is C18H26N4O2. The monoisotopic (exact) mass is 330 g/mol. The van der Waals surface area contributed by atoms with Gasteiger partial charge in [-0.1, -0.05) is 0 Å². The topological polar surface area (TPSA) is 67.4 Å². The molecule has 6 heteroatoms. The number of aryl methyl sites for hydroxylation is 1. The number of rotatable bonds is 4. The van der Waals surface area contributed by atoms with Crippen LogP contribution in [0.5, 0.6) is 0 Å². The molecule has 1 aromatic rings. The van der Waals surface area contributed by atoms with E-state index in [1.807, 2.05) is 19.3 Å². The summed E-state index contributed by atoms with van der Waals surface area (Å²) in [5.41, 5.74) is 1.13. The minimum Gasteiger partial charge on any atom is -0.368 e. The van der Waals surface area contributed by atoms with Crippen LogP contribution in [0.4, 0.5) is 5.95 Å². The number of piperidine rings is 1. The first-order valence-electron chi connectivity index (χ1n) is 9.06. The quantitative estimate of drug-likeness (QED) is 0.910. The highest BCUT2D eigenvalue weighted by Crippen LogP contribution is 2.41. The summed E-state index contributed by atoms with van der Waals surface area (Å²) in [4.78, 5) is 23.5. The first-order valence-corrected chi connectivity index (χ1v) is 9.06. The van der Waals surface area contributed by atoms with Crippen LogP contribution in [0.2, 0.25) is 0 Å². The molecule has 3 aliphatic rings. The molecule has 1 aliphatic carbocycles. The van der Waals surface area contributed by atoms with Gasteiger partial charge in [-0.25, -0.2) is 9.97 Å². The molecule has 1 saturated carbocycles. The minimum absolute atomic E-state index is 0.0636. The van der Waals surface area contributed by atoms with Gasteiger partial charge in [0.25, 0.3) is 0 Å². The maximum Gasteiger partial charge on any atom is 0.249 e. The minimum atomic E-state index is -0.289. The lowest BCUT2D eigenvalue weighted by Crippen LogP contribution is -2.45. The average Bonchev–Trinajstić information content (AvgIpc) is 3.34. The molecule has 2 saturated heterocycles. The molecule has 2 aliphatic heterocycles. The summed E-state index contributed by atoms with van der Waals surface area (Å²) < 4.78 is 5.88. The molecule has 1 N–H and O–H groups in total. The van der Waals surface area contributed by atoms with Crippen LogP contribution in [-0.2, 0) is 9.53 Å². The lowest BCUT2D eigenvalue weighted by atomic mass is 9.78. The fraction of sp³-hybridized carbons (Fsp3) is 0.722. The van der Waals surface area contributed by atoms with Gasteiger partial charge in [0.1, 0.15) is 6.10 Å². The number of carbonyl (C=O) groups excluding carboxylic acids is 1. The van der Waals surface area contributed by atoms with E-state index in [0.29, 0.717) is 12.5 Å². The number of hydrogen-bond donors (Lipinski definition) is 1. The van der Waals surface area contributed by atoms with Crippen molar-refractivity contribution >= 4 is 11.9 Å². The number of ether oxygens (including phenoxy) is 1. The zero-order valence-corrected chi connectivity index (χ0v) is 14.3. The molecule has 24 heavy (non-hydrogen) atoms. The SMILES string of the molecule is Cc1cnc(N2CCC[C@]3(CO[C@H](C(=O)NCC4CC4)C3)C2)nc1. The van der Waals surface area contributed by atoms with Crippen LogP contribution in [0.25, 0.3) is 0 Å². The van der Waals surface area contributed by atoms with Crippen LogP contribution in [0, 0.1) is 18.3 Å². The van der Waals surface area contributed by atoms with Crippen LogP contribution in [-0.4, -0.2) is 48.2 Å². The van der Waals surface area contributed by atoms with E-state index in [1.54, 1.807) is 0 Å². The van der Waals surface area contributed by atoms with Crippen molar-refractivity contribution in [1.29, 1.82) is 0 Å². The summed E-state index contributed by atoms with van der Waals surface area (Å²) in [5.74, 6) is 1.57. The van der Waals surface area contributed by atoms with E-state index in [0.717, 1.165) is 50.4 Å². The molecule has 0 unspecified atom stereocenters. The summed E-state index contributed by atoms with van der Waals surface area (Å²) in [5, 5.41) is 3.06. The van der Waals surface area contributed by atoms with Crippen LogP contribution in [0.15, 0.2) is 12.4 Å². The second-order valence-corrected chi connectivity index (χ2v) is 7.78. The van der Waals surface area contributed by atoms with Gasteiger partial charge in [-0.3, -0.25) is 4.79 Å². The van der Waals surface area contributed by atoms with Crippen molar-refractivity contribution in [3.8, 4) is 0 Å². The van der Waals surface area contributed by atoms with Crippen LogP contribution in [0.3, 0.4) is 0 Å². The molecule has 0 radical (unpaired) electrons. The van der Waals surface area contributed by atoms with Gasteiger partial charge in [0.15, 0.2) is 0 Å². The van der Waals surface area contributed by atoms with Gasteiger partial charge < -0.3 is 15.0 Å². The molecule has 3 fully saturated rings. The van der Waals surface area contributed by atoms with Gasteiger partial charge in [0.05, 0.1) is 6.61 Å². The number of hydrogen-bond acceptors (Lipinski definition) is 5. The molecule has 6 nitrogen and oxygen atoms in total. The third-order valence-electron chi connectivity index (χ3n) is 5.47. The summed E-state index contributed by atoms with van der Waals surface area (Å²) in [7, 11) is 0. The third kappa shape index (κ3) is 3.38. The average molecular weight is 330 g/mol. The molecule has 4 rings (SSSR count). The van der Waals surface area contributed by atoms with E-state index < -0.39 is 0 Å². The number of aromatic nitrogens is 2. The lowest BCUT2D eigenvalue weighted by Gasteiger charge is -2.39. The zero-order valence-electron chi connectivity index (χ0n) is 14.3. The Kier molecular flexibility index (Phi) is 4.16. The Bertz CT molecular complexity index is 602. The van der Waals surface area contributed by atoms with Crippen molar-refractivity contribution in [1.82, 2.24) is 15.3 Å². The van der Waals surface area contributed by atoms with Crippen molar-refractivity contribution in [2.24, 2.45) is 11.3 Å². The van der Waals surface area contributed by atoms with Gasteiger partial charge in [0, 0.05) is 37.4 Å². The Labute approximate surface area is 143 Å². The summed E-state index contributed by atoms with van der Waals surface area (Å²) in [6.07, 6.45) is 8.96. The van der Waals surface area contributed by atoms with E-state index in [9.17, 15) is 4.79 Å². The number of anilines is 1. The first kappa shape index (κ1) is 15.8. The molecule has 1 amide bonds. The molecule has 3 heterocycles. The highest BCUT2D eigenvalue weighted by atomic mass is 16.5. The van der Waals surface area contributed by atoms with Gasteiger partial charge in [-0.05, 0) is 50.5 Å². The van der Waals surface area contributed by atoms with Gasteiger partial charge in [0.2, 0.25) is 11.9 Å². The summed E-state index contributed by atoms with van der Waals surface area (Å²) >= 11 is 0. The van der Waals surface area contributed by atoms with E-state index in [4.69, 9.17) is 4.74 Å². The predicted octanol–water partition coefficient (Wildman–Crippen LogP) is 1.69. The van der Waals surface area contributed by atoms with Gasteiger partial charge in [-0.15, -0.1) is 0 Å². The third-order valence-corrected chi connectivity index (χ3v) is 5.47. The van der Waals surface area contributed by atoms with Crippen LogP contribution < -0.4 is 10.2 Å². The van der Waals surface area contributed by atoms with Crippen LogP contribution >= 0.6 is 0 Å². The zero-order chi connectivity index (χ0) is 16.6. The van der Waals surface area contributed by atoms with Crippen molar-refractivity contribution in [2.75, 3.05) is 31.1 Å². The lowest BCUT2D eigenvalue weighted by molar-refractivity contribution is -0.130. The Balaban J connectivity index is 1.37. The smallest absolute Gasteiger partial charge is 0.249 e. The maximum atomic E-state index is 12.3. The molecule has 2 atom stereocenters. The van der Waals surface area contributed by atoms with E-state index in [1.165, 1.54) is 12.8 Å². The largest absolute Gasteiger partial charge is 0.368 e. The number of nitrogens with zero attached hydrogens (tertiary/aromatic N) is 3. The number of nitrogens with one attached hydrogen (secondary N) is 1. The van der Waals surface area contributed by atoms with Crippen molar-refractivity contribution < 1.29 is 9.53 Å². The fourth-order valence-corrected chi connectivity index (χ4v) is 3.85. The molecule has 0 aromatic carbocycles. The highest BCUT2D eigenvalue weighted by Gasteiger charge is 2.46. The standard InChI is InChI=1S/C18H26N4O2/c1-13-8-20-17(21-9-13)22-6-2-5-18(11-22)7-15(24-12-18)16(23)19-10-14-3-4-14/h8-9,14-15H,2-7,10-12H2,1H3,(H,19,23)/t15-,18+/m0/s1. The van der Waals surface area contributed by atoms with Gasteiger partial charge in [-0.2, -0.15) is 0 Å². The molecular weight excluding hydrogens is 304 g/mol. The molecule has 1 aromatic heterocycles. The van der Waals surface area contributed by atoms with Crippen molar-refractivity contribution in [3.05, 3.63) is 18.0 Å². The molecule has 1 spiro atoms. The first-order chi connectivity index (χ1) is 11.6. The van der Waals surface area contributed by atoms with E-state index in [2.05, 4.69) is 20.2 Å². The number of carbonyl (C=O) groups is 1. The Morgan fingerprint density at radius 3 is 2.96 bits per heavy atom. The second kappa shape index (κ2) is 6.31. The predicted molar refractivity (Wildman–Crippen MR) is 90.7 cm³/mol. The Morgan fingerprint density at radius 1 is 1.42 bits per heavy atom. The maximum absolute atomic E-state index is 12.3. The Morgan fingerprint density at radius 2 is 2.21 bits per heavy atom. The van der Waals surface area contributed by atoms with Gasteiger partial charge >= 0.3 is 0 Å². The second-order valence-electron chi connectivity index (χ2n) is 7.78. The molecule has 0 bridgehead atoms. The molecule has 130 valence electrons. The normalized spacial score (nSPS) is 29.9. The van der Waals surface area contributed by atoms with Crippen molar-refractivity contribution in [3.63, 3.8) is 0 Å². The van der Waals surface area contributed by atoms with E-state index >= 15 is 0 Å². The number of amides is 1.